The van der Waals surface area contributed by atoms with Crippen molar-refractivity contribution in [1.29, 1.82) is 0 Å². The van der Waals surface area contributed by atoms with E-state index in [1.807, 2.05) is 0 Å². The zero-order chi connectivity index (χ0) is 11.7. The molecule has 0 aromatic carbocycles. The Kier molecular flexibility index (Phi) is 7.34. The van der Waals surface area contributed by atoms with Crippen LogP contribution >= 0.6 is 0 Å². The second kappa shape index (κ2) is 7.65. The lowest BCUT2D eigenvalue weighted by Crippen LogP contribution is -2.12. The Balaban J connectivity index is 3.34. The Labute approximate surface area is 91.5 Å². The van der Waals surface area contributed by atoms with Gasteiger partial charge in [0.2, 0.25) is 0 Å². The Morgan fingerprint density at radius 1 is 1.27 bits per heavy atom. The minimum Gasteiger partial charge on any atom is -0.396 e. The van der Waals surface area contributed by atoms with Gasteiger partial charge in [-0.05, 0) is 24.7 Å². The van der Waals surface area contributed by atoms with Crippen molar-refractivity contribution in [1.82, 2.24) is 0 Å². The van der Waals surface area contributed by atoms with E-state index in [0.29, 0.717) is 25.9 Å². The van der Waals surface area contributed by atoms with Crippen molar-refractivity contribution < 1.29 is 19.7 Å². The predicted octanol–water partition coefficient (Wildman–Crippen LogP) is 2.06. The van der Waals surface area contributed by atoms with Crippen LogP contribution in [0.5, 0.6) is 0 Å². The summed E-state index contributed by atoms with van der Waals surface area (Å²) in [7, 11) is 0. The van der Waals surface area contributed by atoms with Crippen LogP contribution in [0.15, 0.2) is 0 Å². The number of unbranched alkanes of at least 4 members (excludes halogenated alkanes) is 1. The molecule has 0 rings (SSSR count). The number of aliphatic hydroxyl groups excluding tert-OH is 1. The van der Waals surface area contributed by atoms with Crippen LogP contribution in [-0.4, -0.2) is 24.3 Å². The summed E-state index contributed by atoms with van der Waals surface area (Å²) in [5, 5.41) is 8.49. The molecule has 0 aromatic rings. The molecule has 0 fully saturated rings. The summed E-state index contributed by atoms with van der Waals surface area (Å²) in [6.45, 7) is 6.70. The molecule has 0 saturated carbocycles. The molecule has 0 amide bonds. The van der Waals surface area contributed by atoms with Gasteiger partial charge >= 0.3 is 5.97 Å². The fraction of sp³-hybridized carbons (Fsp3) is 0.909. The third-order valence-electron chi connectivity index (χ3n) is 1.87. The third kappa shape index (κ3) is 11.3. The van der Waals surface area contributed by atoms with Gasteiger partial charge < -0.3 is 5.11 Å². The summed E-state index contributed by atoms with van der Waals surface area (Å²) in [5.74, 6) is -0.325. The summed E-state index contributed by atoms with van der Waals surface area (Å²) in [4.78, 5) is 20.4. The van der Waals surface area contributed by atoms with E-state index in [-0.39, 0.29) is 18.0 Å². The lowest BCUT2D eigenvalue weighted by molar-refractivity contribution is -0.273. The van der Waals surface area contributed by atoms with Crippen LogP contribution in [0.4, 0.5) is 0 Å². The van der Waals surface area contributed by atoms with Gasteiger partial charge in [0, 0.05) is 13.0 Å². The lowest BCUT2D eigenvalue weighted by atomic mass is 9.91. The van der Waals surface area contributed by atoms with Crippen molar-refractivity contribution in [2.24, 2.45) is 5.41 Å². The second-order valence-electron chi connectivity index (χ2n) is 4.77. The van der Waals surface area contributed by atoms with Crippen LogP contribution in [0, 0.1) is 5.41 Å². The first-order valence-electron chi connectivity index (χ1n) is 5.39. The summed E-state index contributed by atoms with van der Waals surface area (Å²) in [5.41, 5.74) is 0.135. The third-order valence-corrected chi connectivity index (χ3v) is 1.87. The highest BCUT2D eigenvalue weighted by molar-refractivity contribution is 5.68. The van der Waals surface area contributed by atoms with Crippen molar-refractivity contribution >= 4 is 5.97 Å². The molecule has 0 bridgehead atoms. The minimum atomic E-state index is -0.325. The number of rotatable bonds is 7. The molecule has 0 aliphatic carbocycles. The van der Waals surface area contributed by atoms with Crippen LogP contribution in [0.2, 0.25) is 0 Å². The van der Waals surface area contributed by atoms with E-state index < -0.39 is 0 Å². The fourth-order valence-electron chi connectivity index (χ4n) is 0.899. The topological polar surface area (TPSA) is 55.8 Å². The standard InChI is InChI=1S/C11H22O4/c1-11(2,3)7-6-10(13)15-14-9-5-4-8-12/h12H,4-9H2,1-3H3. The van der Waals surface area contributed by atoms with Gasteiger partial charge in [-0.1, -0.05) is 20.8 Å². The highest BCUT2D eigenvalue weighted by atomic mass is 17.2. The Morgan fingerprint density at radius 3 is 2.47 bits per heavy atom. The molecule has 15 heavy (non-hydrogen) atoms. The van der Waals surface area contributed by atoms with Crippen molar-refractivity contribution in [2.45, 2.75) is 46.5 Å². The maximum atomic E-state index is 11.1. The number of carbonyl (C=O) groups is 1. The van der Waals surface area contributed by atoms with E-state index >= 15 is 0 Å². The van der Waals surface area contributed by atoms with Crippen LogP contribution < -0.4 is 0 Å². The normalized spacial score (nSPS) is 11.5. The Hall–Kier alpha value is -0.610. The van der Waals surface area contributed by atoms with Gasteiger partial charge in [0.05, 0.1) is 6.61 Å². The van der Waals surface area contributed by atoms with E-state index in [1.165, 1.54) is 0 Å². The minimum absolute atomic E-state index is 0.135. The highest BCUT2D eigenvalue weighted by Crippen LogP contribution is 2.20. The Bertz CT molecular complexity index is 172. The molecule has 0 radical (unpaired) electrons. The smallest absolute Gasteiger partial charge is 0.342 e. The molecule has 0 aliphatic heterocycles. The predicted molar refractivity (Wildman–Crippen MR) is 57.1 cm³/mol. The molecule has 90 valence electrons. The molecule has 0 unspecified atom stereocenters. The first kappa shape index (κ1) is 14.4. The summed E-state index contributed by atoms with van der Waals surface area (Å²) in [6, 6.07) is 0. The fourth-order valence-corrected chi connectivity index (χ4v) is 0.899. The highest BCUT2D eigenvalue weighted by Gasteiger charge is 2.14. The molecule has 4 nitrogen and oxygen atoms in total. The first-order valence-corrected chi connectivity index (χ1v) is 5.39. The van der Waals surface area contributed by atoms with Gasteiger partial charge in [0.1, 0.15) is 0 Å². The maximum absolute atomic E-state index is 11.1. The molecular formula is C11H22O4. The molecule has 0 aliphatic rings. The molecule has 1 N–H and O–H groups in total. The zero-order valence-corrected chi connectivity index (χ0v) is 9.91. The van der Waals surface area contributed by atoms with Crippen molar-refractivity contribution in [3.05, 3.63) is 0 Å². The lowest BCUT2D eigenvalue weighted by Gasteiger charge is -2.16. The summed E-state index contributed by atoms with van der Waals surface area (Å²) >= 11 is 0. The Morgan fingerprint density at radius 2 is 1.93 bits per heavy atom. The first-order chi connectivity index (χ1) is 6.95. The van der Waals surface area contributed by atoms with Gasteiger partial charge in [-0.2, -0.15) is 4.89 Å². The molecule has 4 heteroatoms. The summed E-state index contributed by atoms with van der Waals surface area (Å²) < 4.78 is 0. The van der Waals surface area contributed by atoms with Gasteiger partial charge in [-0.15, -0.1) is 0 Å². The zero-order valence-electron chi connectivity index (χ0n) is 9.91. The van der Waals surface area contributed by atoms with Crippen LogP contribution in [0.1, 0.15) is 46.5 Å². The van der Waals surface area contributed by atoms with E-state index in [9.17, 15) is 4.79 Å². The largest absolute Gasteiger partial charge is 0.396 e. The summed E-state index contributed by atoms with van der Waals surface area (Å²) in [6.07, 6.45) is 2.53. The second-order valence-corrected chi connectivity index (χ2v) is 4.77. The molecule has 0 saturated heterocycles. The van der Waals surface area contributed by atoms with Gasteiger partial charge in [0.25, 0.3) is 0 Å². The monoisotopic (exact) mass is 218 g/mol. The molecular weight excluding hydrogens is 196 g/mol. The average molecular weight is 218 g/mol. The van der Waals surface area contributed by atoms with Crippen molar-refractivity contribution in [3.8, 4) is 0 Å². The van der Waals surface area contributed by atoms with Crippen LogP contribution in [-0.2, 0) is 14.6 Å². The van der Waals surface area contributed by atoms with Crippen molar-refractivity contribution in [2.75, 3.05) is 13.2 Å². The van der Waals surface area contributed by atoms with Crippen LogP contribution in [0.25, 0.3) is 0 Å². The van der Waals surface area contributed by atoms with Gasteiger partial charge in [-0.25, -0.2) is 4.79 Å². The van der Waals surface area contributed by atoms with Gasteiger partial charge in [0.15, 0.2) is 0 Å². The molecule has 0 heterocycles. The van der Waals surface area contributed by atoms with Gasteiger partial charge in [-0.3, -0.25) is 4.89 Å². The number of hydrogen-bond acceptors (Lipinski definition) is 4. The van der Waals surface area contributed by atoms with Crippen molar-refractivity contribution in [3.63, 3.8) is 0 Å². The van der Waals surface area contributed by atoms with E-state index in [1.54, 1.807) is 0 Å². The van der Waals surface area contributed by atoms with E-state index in [4.69, 9.17) is 9.99 Å². The SMILES string of the molecule is CC(C)(C)CCC(=O)OOCCCCO. The quantitative estimate of drug-likeness (QED) is 0.404. The number of carbonyl (C=O) groups excluding carboxylic acids is 1. The van der Waals surface area contributed by atoms with E-state index in [0.717, 1.165) is 6.42 Å². The maximum Gasteiger partial charge on any atom is 0.342 e. The average Bonchev–Trinajstić information content (AvgIpc) is 2.13. The number of hydrogen-bond donors (Lipinski definition) is 1. The molecule has 0 aromatic heterocycles. The molecule has 0 spiro atoms. The van der Waals surface area contributed by atoms with Crippen LogP contribution in [0.3, 0.4) is 0 Å². The van der Waals surface area contributed by atoms with E-state index in [2.05, 4.69) is 25.7 Å². The molecule has 0 atom stereocenters. The number of aliphatic hydroxyl groups is 1.